The molecule has 11 heteroatoms. The number of anilines is 1. The van der Waals surface area contributed by atoms with E-state index in [1.165, 1.54) is 35.9 Å². The van der Waals surface area contributed by atoms with E-state index in [9.17, 15) is 14.0 Å². The minimum atomic E-state index is -0.733. The predicted octanol–water partition coefficient (Wildman–Crippen LogP) is 4.76. The Hall–Kier alpha value is -4.22. The van der Waals surface area contributed by atoms with Gasteiger partial charge in [0.2, 0.25) is 11.8 Å². The largest absolute Gasteiger partial charge is 0.497 e. The van der Waals surface area contributed by atoms with Crippen molar-refractivity contribution in [3.8, 4) is 22.7 Å². The van der Waals surface area contributed by atoms with Crippen LogP contribution in [-0.2, 0) is 14.3 Å². The Bertz CT molecular complexity index is 1550. The average molecular weight is 579 g/mol. The third-order valence-electron chi connectivity index (χ3n) is 6.63. The highest BCUT2D eigenvalue weighted by molar-refractivity contribution is 8.00. The van der Waals surface area contributed by atoms with Crippen molar-refractivity contribution in [3.05, 3.63) is 95.6 Å². The van der Waals surface area contributed by atoms with Crippen molar-refractivity contribution in [2.45, 2.75) is 5.25 Å². The van der Waals surface area contributed by atoms with E-state index < -0.39 is 16.9 Å². The molecular weight excluding hydrogens is 550 g/mol. The number of ether oxygens (including phenoxy) is 2. The number of halogens is 2. The Labute approximate surface area is 240 Å². The van der Waals surface area contributed by atoms with Crippen molar-refractivity contribution < 1.29 is 27.8 Å². The molecule has 0 spiro atoms. The van der Waals surface area contributed by atoms with Gasteiger partial charge in [0.05, 0.1) is 36.1 Å². The van der Waals surface area contributed by atoms with Gasteiger partial charge in [-0.15, -0.1) is 11.8 Å². The second-order valence-corrected chi connectivity index (χ2v) is 10.3. The summed E-state index contributed by atoms with van der Waals surface area (Å²) in [5, 5.41) is 6.98. The molecule has 1 N–H and O–H groups in total. The van der Waals surface area contributed by atoms with E-state index in [1.807, 2.05) is 30.3 Å². The molecule has 2 heterocycles. The third kappa shape index (κ3) is 5.96. The van der Waals surface area contributed by atoms with Crippen molar-refractivity contribution in [2.24, 2.45) is 0 Å². The Kier molecular flexibility index (Phi) is 8.65. The molecule has 2 amide bonds. The number of hydrogen-bond acceptors (Lipinski definition) is 6. The number of nitrogens with one attached hydrogen (secondary N) is 1. The second-order valence-electron chi connectivity index (χ2n) is 9.24. The Morgan fingerprint density at radius 3 is 2.51 bits per heavy atom. The second kappa shape index (κ2) is 12.5. The molecule has 1 aliphatic rings. The maximum Gasteiger partial charge on any atom is 0.240 e. The lowest BCUT2D eigenvalue weighted by atomic mass is 9.99. The number of carbonyl (C=O) groups is 2. The lowest BCUT2D eigenvalue weighted by Crippen LogP contribution is -2.43. The number of aromatic nitrogens is 2. The molecule has 0 aliphatic carbocycles. The predicted molar refractivity (Wildman–Crippen MR) is 153 cm³/mol. The number of rotatable bonds is 9. The molecule has 5 rings (SSSR count). The lowest BCUT2D eigenvalue weighted by molar-refractivity contribution is -0.123. The van der Waals surface area contributed by atoms with Crippen molar-refractivity contribution in [1.82, 2.24) is 15.1 Å². The van der Waals surface area contributed by atoms with Gasteiger partial charge in [-0.05, 0) is 30.3 Å². The summed E-state index contributed by atoms with van der Waals surface area (Å²) in [6, 6.07) is 19.8. The zero-order valence-corrected chi connectivity index (χ0v) is 23.3. The van der Waals surface area contributed by atoms with Gasteiger partial charge >= 0.3 is 0 Å². The molecule has 41 heavy (non-hydrogen) atoms. The standard InChI is InChI=1S/C30H28F2N4O4S/c1-39-15-14-33-25(37)17-35-26(38)18-41-29(23-13-8-20(31)16-24(23)32)27-28(19-6-4-3-5-7-19)34-36(30(27)35)21-9-11-22(40-2)12-10-21/h3-13,16,29H,14-15,17-18H2,1-2H3,(H,33,37)/t29-/m1/s1. The molecule has 0 saturated heterocycles. The minimum absolute atomic E-state index is 0.0433. The van der Waals surface area contributed by atoms with Gasteiger partial charge in [-0.1, -0.05) is 36.4 Å². The van der Waals surface area contributed by atoms with Gasteiger partial charge < -0.3 is 14.8 Å². The van der Waals surface area contributed by atoms with Gasteiger partial charge in [-0.2, -0.15) is 5.10 Å². The van der Waals surface area contributed by atoms with E-state index in [0.717, 1.165) is 11.6 Å². The molecule has 4 aromatic rings. The molecule has 0 fully saturated rings. The normalized spacial score (nSPS) is 14.9. The molecule has 0 bridgehead atoms. The van der Waals surface area contributed by atoms with Gasteiger partial charge in [0, 0.05) is 36.4 Å². The molecule has 0 radical (unpaired) electrons. The summed E-state index contributed by atoms with van der Waals surface area (Å²) in [5.41, 5.74) is 2.61. The fourth-order valence-corrected chi connectivity index (χ4v) is 5.90. The summed E-state index contributed by atoms with van der Waals surface area (Å²) in [5.74, 6) is -1.25. The van der Waals surface area contributed by atoms with E-state index in [4.69, 9.17) is 14.6 Å². The van der Waals surface area contributed by atoms with Crippen molar-refractivity contribution in [3.63, 3.8) is 0 Å². The van der Waals surface area contributed by atoms with Gasteiger partial charge in [-0.25, -0.2) is 13.5 Å². The summed E-state index contributed by atoms with van der Waals surface area (Å²) < 4.78 is 41.2. The summed E-state index contributed by atoms with van der Waals surface area (Å²) >= 11 is 1.20. The van der Waals surface area contributed by atoms with Crippen LogP contribution in [0.4, 0.5) is 14.6 Å². The Morgan fingerprint density at radius 2 is 1.83 bits per heavy atom. The zero-order valence-electron chi connectivity index (χ0n) is 22.5. The maximum atomic E-state index is 15.3. The van der Waals surface area contributed by atoms with Crippen LogP contribution in [0.1, 0.15) is 16.4 Å². The van der Waals surface area contributed by atoms with Crippen LogP contribution in [0.2, 0.25) is 0 Å². The maximum absolute atomic E-state index is 15.3. The van der Waals surface area contributed by atoms with E-state index in [-0.39, 0.29) is 36.2 Å². The number of hydrogen-bond donors (Lipinski definition) is 1. The van der Waals surface area contributed by atoms with E-state index in [0.29, 0.717) is 35.1 Å². The molecule has 0 unspecified atom stereocenters. The molecular formula is C30H28F2N4O4S. The SMILES string of the molecule is COCCNC(=O)CN1C(=O)CS[C@H](c2ccc(F)cc2F)c2c(-c3ccccc3)nn(-c3ccc(OC)cc3)c21. The lowest BCUT2D eigenvalue weighted by Gasteiger charge is -2.23. The Balaban J connectivity index is 1.76. The quantitative estimate of drug-likeness (QED) is 0.289. The molecule has 3 aromatic carbocycles. The minimum Gasteiger partial charge on any atom is -0.497 e. The van der Waals surface area contributed by atoms with Crippen LogP contribution in [0.5, 0.6) is 5.75 Å². The summed E-state index contributed by atoms with van der Waals surface area (Å²) in [4.78, 5) is 28.0. The first-order valence-electron chi connectivity index (χ1n) is 12.9. The monoisotopic (exact) mass is 578 g/mol. The summed E-state index contributed by atoms with van der Waals surface area (Å²) in [7, 11) is 3.09. The van der Waals surface area contributed by atoms with E-state index in [1.54, 1.807) is 36.1 Å². The number of carbonyl (C=O) groups excluding carboxylic acids is 2. The van der Waals surface area contributed by atoms with Crippen molar-refractivity contribution in [1.29, 1.82) is 0 Å². The molecule has 1 aliphatic heterocycles. The highest BCUT2D eigenvalue weighted by atomic mass is 32.2. The number of nitrogens with zero attached hydrogens (tertiary/aromatic N) is 3. The van der Waals surface area contributed by atoms with Crippen LogP contribution in [0.25, 0.3) is 16.9 Å². The van der Waals surface area contributed by atoms with Crippen LogP contribution in [0.3, 0.4) is 0 Å². The first kappa shape index (κ1) is 28.3. The van der Waals surface area contributed by atoms with Crippen LogP contribution in [0.15, 0.2) is 72.8 Å². The number of thioether (sulfide) groups is 1. The fourth-order valence-electron chi connectivity index (χ4n) is 4.68. The number of fused-ring (bicyclic) bond motifs is 1. The van der Waals surface area contributed by atoms with Gasteiger partial charge in [0.1, 0.15) is 29.7 Å². The average Bonchev–Trinajstić information content (AvgIpc) is 3.31. The van der Waals surface area contributed by atoms with Crippen molar-refractivity contribution in [2.75, 3.05) is 44.6 Å². The molecule has 0 saturated carbocycles. The van der Waals surface area contributed by atoms with Crippen LogP contribution in [0, 0.1) is 11.6 Å². The van der Waals surface area contributed by atoms with Crippen molar-refractivity contribution >= 4 is 29.4 Å². The van der Waals surface area contributed by atoms with E-state index in [2.05, 4.69) is 5.32 Å². The number of amides is 2. The summed E-state index contributed by atoms with van der Waals surface area (Å²) in [6.07, 6.45) is 0. The Morgan fingerprint density at radius 1 is 1.07 bits per heavy atom. The molecule has 1 aromatic heterocycles. The van der Waals surface area contributed by atoms with Crippen LogP contribution in [-0.4, -0.2) is 61.3 Å². The fraction of sp³-hybridized carbons (Fsp3) is 0.233. The highest BCUT2D eigenvalue weighted by Gasteiger charge is 2.38. The van der Waals surface area contributed by atoms with Crippen LogP contribution >= 0.6 is 11.8 Å². The van der Waals surface area contributed by atoms with Gasteiger partial charge in [0.15, 0.2) is 0 Å². The zero-order chi connectivity index (χ0) is 28.9. The number of methoxy groups -OCH3 is 2. The summed E-state index contributed by atoms with van der Waals surface area (Å²) in [6.45, 7) is 0.300. The van der Waals surface area contributed by atoms with E-state index >= 15 is 4.39 Å². The number of benzene rings is 3. The molecule has 212 valence electrons. The van der Waals surface area contributed by atoms with Gasteiger partial charge in [-0.3, -0.25) is 14.5 Å². The van der Waals surface area contributed by atoms with Gasteiger partial charge in [0.25, 0.3) is 0 Å². The molecule has 8 nitrogen and oxygen atoms in total. The first-order valence-corrected chi connectivity index (χ1v) is 13.9. The highest BCUT2D eigenvalue weighted by Crippen LogP contribution is 2.49. The third-order valence-corrected chi connectivity index (χ3v) is 7.86. The smallest absolute Gasteiger partial charge is 0.240 e. The molecule has 1 atom stereocenters. The first-order chi connectivity index (χ1) is 19.9. The topological polar surface area (TPSA) is 85.7 Å². The van der Waals surface area contributed by atoms with Crippen LogP contribution < -0.4 is 15.0 Å².